The molecule has 0 saturated carbocycles. The van der Waals surface area contributed by atoms with Gasteiger partial charge in [0.2, 0.25) is 0 Å². The van der Waals surface area contributed by atoms with Crippen LogP contribution < -0.4 is 11.1 Å². The Kier molecular flexibility index (Phi) is 2.88. The summed E-state index contributed by atoms with van der Waals surface area (Å²) in [6.07, 6.45) is 2.71. The maximum Gasteiger partial charge on any atom is 0.125 e. The zero-order valence-electron chi connectivity index (χ0n) is 8.46. The van der Waals surface area contributed by atoms with Gasteiger partial charge >= 0.3 is 0 Å². The van der Waals surface area contributed by atoms with Crippen molar-refractivity contribution >= 4 is 5.82 Å². The minimum Gasteiger partial charge on any atom is -0.373 e. The molecule has 0 atom stereocenters. The Bertz CT molecular complexity index is 258. The number of nitrogens with two attached hydrogens (primary N) is 1. The number of rotatable bonds is 3. The number of anilines is 1. The number of pyridine rings is 1. The van der Waals surface area contributed by atoms with Crippen molar-refractivity contribution in [1.82, 2.24) is 4.98 Å². The molecule has 1 rings (SSSR count). The average Bonchev–Trinajstić information content (AvgIpc) is 2.03. The first-order valence-electron chi connectivity index (χ1n) is 4.43. The molecule has 0 bridgehead atoms. The summed E-state index contributed by atoms with van der Waals surface area (Å²) in [6.45, 7) is 4.03. The molecule has 0 fully saturated rings. The van der Waals surface area contributed by atoms with Gasteiger partial charge in [-0.15, -0.1) is 0 Å². The first-order chi connectivity index (χ1) is 6.01. The molecule has 1 aromatic heterocycles. The van der Waals surface area contributed by atoms with Gasteiger partial charge in [-0.25, -0.2) is 4.98 Å². The van der Waals surface area contributed by atoms with E-state index >= 15 is 0 Å². The second kappa shape index (κ2) is 3.75. The van der Waals surface area contributed by atoms with Crippen LogP contribution in [0.3, 0.4) is 0 Å². The highest BCUT2D eigenvalue weighted by atomic mass is 14.9. The summed E-state index contributed by atoms with van der Waals surface area (Å²) in [5, 5.41) is 2.97. The molecule has 0 aliphatic rings. The predicted octanol–water partition coefficient (Wildman–Crippen LogP) is 1.40. The van der Waals surface area contributed by atoms with Crippen molar-refractivity contribution in [2.75, 3.05) is 12.4 Å². The van der Waals surface area contributed by atoms with Gasteiger partial charge in [0, 0.05) is 18.8 Å². The maximum atomic E-state index is 5.89. The van der Waals surface area contributed by atoms with Gasteiger partial charge in [0.25, 0.3) is 0 Å². The van der Waals surface area contributed by atoms with Crippen LogP contribution in [0.25, 0.3) is 0 Å². The van der Waals surface area contributed by atoms with Crippen molar-refractivity contribution in [3.05, 3.63) is 23.9 Å². The normalized spacial score (nSPS) is 11.4. The highest BCUT2D eigenvalue weighted by Crippen LogP contribution is 2.10. The number of aromatic nitrogens is 1. The molecule has 0 radical (unpaired) electrons. The Balaban J connectivity index is 2.70. The molecule has 1 aromatic rings. The van der Waals surface area contributed by atoms with E-state index in [1.54, 1.807) is 0 Å². The molecule has 0 saturated heterocycles. The minimum absolute atomic E-state index is 0.164. The van der Waals surface area contributed by atoms with E-state index < -0.39 is 0 Å². The Morgan fingerprint density at radius 3 is 2.54 bits per heavy atom. The lowest BCUT2D eigenvalue weighted by atomic mass is 9.97. The molecule has 0 amide bonds. The largest absolute Gasteiger partial charge is 0.373 e. The Morgan fingerprint density at radius 1 is 1.46 bits per heavy atom. The van der Waals surface area contributed by atoms with E-state index in [0.717, 1.165) is 12.2 Å². The van der Waals surface area contributed by atoms with Gasteiger partial charge in [-0.1, -0.05) is 6.07 Å². The average molecular weight is 179 g/mol. The summed E-state index contributed by atoms with van der Waals surface area (Å²) in [5.74, 6) is 0.888. The molecule has 1 heterocycles. The van der Waals surface area contributed by atoms with Crippen LogP contribution in [0.15, 0.2) is 18.3 Å². The molecular weight excluding hydrogens is 162 g/mol. The van der Waals surface area contributed by atoms with Gasteiger partial charge in [-0.2, -0.15) is 0 Å². The second-order valence-electron chi connectivity index (χ2n) is 3.97. The summed E-state index contributed by atoms with van der Waals surface area (Å²) in [7, 11) is 1.86. The van der Waals surface area contributed by atoms with Crippen molar-refractivity contribution in [2.45, 2.75) is 25.8 Å². The zero-order valence-corrected chi connectivity index (χ0v) is 8.46. The molecular formula is C10H17N3. The number of hydrogen-bond acceptors (Lipinski definition) is 3. The Labute approximate surface area is 79.4 Å². The summed E-state index contributed by atoms with van der Waals surface area (Å²) in [4.78, 5) is 4.21. The van der Waals surface area contributed by atoms with Crippen LogP contribution in [0.1, 0.15) is 19.4 Å². The van der Waals surface area contributed by atoms with Gasteiger partial charge in [0.05, 0.1) is 0 Å². The first-order valence-corrected chi connectivity index (χ1v) is 4.43. The maximum absolute atomic E-state index is 5.89. The molecule has 13 heavy (non-hydrogen) atoms. The smallest absolute Gasteiger partial charge is 0.125 e. The fourth-order valence-electron chi connectivity index (χ4n) is 1.20. The lowest BCUT2D eigenvalue weighted by Gasteiger charge is -2.17. The lowest BCUT2D eigenvalue weighted by molar-refractivity contribution is 0.516. The number of nitrogens with zero attached hydrogens (tertiary/aromatic N) is 1. The predicted molar refractivity (Wildman–Crippen MR) is 55.8 cm³/mol. The molecule has 0 unspecified atom stereocenters. The highest BCUT2D eigenvalue weighted by Gasteiger charge is 2.11. The second-order valence-corrected chi connectivity index (χ2v) is 3.97. The SMILES string of the molecule is CNc1ccc(CC(C)(C)N)cn1. The quantitative estimate of drug-likeness (QED) is 0.737. The zero-order chi connectivity index (χ0) is 9.90. The fourth-order valence-corrected chi connectivity index (χ4v) is 1.20. The van der Waals surface area contributed by atoms with Crippen molar-refractivity contribution < 1.29 is 0 Å². The summed E-state index contributed by atoms with van der Waals surface area (Å²) in [5.41, 5.74) is 6.90. The first kappa shape index (κ1) is 9.99. The molecule has 0 spiro atoms. The number of nitrogens with one attached hydrogen (secondary N) is 1. The van der Waals surface area contributed by atoms with E-state index in [1.165, 1.54) is 5.56 Å². The van der Waals surface area contributed by atoms with Crippen LogP contribution >= 0.6 is 0 Å². The van der Waals surface area contributed by atoms with Gasteiger partial charge in [0.1, 0.15) is 5.82 Å². The molecule has 0 aliphatic heterocycles. The molecule has 3 nitrogen and oxygen atoms in total. The topological polar surface area (TPSA) is 50.9 Å². The van der Waals surface area contributed by atoms with Gasteiger partial charge in [-0.05, 0) is 31.9 Å². The molecule has 3 heteroatoms. The van der Waals surface area contributed by atoms with E-state index in [0.29, 0.717) is 0 Å². The molecule has 0 aromatic carbocycles. The minimum atomic E-state index is -0.164. The molecule has 0 aliphatic carbocycles. The number of hydrogen-bond donors (Lipinski definition) is 2. The molecule has 3 N–H and O–H groups in total. The third-order valence-corrected chi connectivity index (χ3v) is 1.74. The van der Waals surface area contributed by atoms with Crippen molar-refractivity contribution in [2.24, 2.45) is 5.73 Å². The lowest BCUT2D eigenvalue weighted by Crippen LogP contribution is -2.34. The highest BCUT2D eigenvalue weighted by molar-refractivity contribution is 5.34. The van der Waals surface area contributed by atoms with Crippen LogP contribution in [-0.4, -0.2) is 17.6 Å². The van der Waals surface area contributed by atoms with Crippen molar-refractivity contribution in [1.29, 1.82) is 0 Å². The summed E-state index contributed by atoms with van der Waals surface area (Å²) in [6, 6.07) is 4.01. The van der Waals surface area contributed by atoms with E-state index in [1.807, 2.05) is 39.2 Å². The van der Waals surface area contributed by atoms with Gasteiger partial charge < -0.3 is 11.1 Å². The van der Waals surface area contributed by atoms with E-state index in [-0.39, 0.29) is 5.54 Å². The summed E-state index contributed by atoms with van der Waals surface area (Å²) < 4.78 is 0. The van der Waals surface area contributed by atoms with E-state index in [2.05, 4.69) is 10.3 Å². The molecule has 72 valence electrons. The third kappa shape index (κ3) is 3.42. The standard InChI is InChI=1S/C10H17N3/c1-10(2,11)6-8-4-5-9(12-3)13-7-8/h4-5,7H,6,11H2,1-3H3,(H,12,13). The van der Waals surface area contributed by atoms with Gasteiger partial charge in [0.15, 0.2) is 0 Å². The van der Waals surface area contributed by atoms with Crippen LogP contribution in [0.5, 0.6) is 0 Å². The Hall–Kier alpha value is -1.09. The fraction of sp³-hybridized carbons (Fsp3) is 0.500. The van der Waals surface area contributed by atoms with E-state index in [4.69, 9.17) is 5.73 Å². The summed E-state index contributed by atoms with van der Waals surface area (Å²) >= 11 is 0. The van der Waals surface area contributed by atoms with Crippen LogP contribution in [0.2, 0.25) is 0 Å². The van der Waals surface area contributed by atoms with Gasteiger partial charge in [-0.3, -0.25) is 0 Å². The third-order valence-electron chi connectivity index (χ3n) is 1.74. The van der Waals surface area contributed by atoms with E-state index in [9.17, 15) is 0 Å². The van der Waals surface area contributed by atoms with Crippen LogP contribution in [-0.2, 0) is 6.42 Å². The van der Waals surface area contributed by atoms with Crippen molar-refractivity contribution in [3.8, 4) is 0 Å². The Morgan fingerprint density at radius 2 is 2.15 bits per heavy atom. The van der Waals surface area contributed by atoms with Crippen molar-refractivity contribution in [3.63, 3.8) is 0 Å². The monoisotopic (exact) mass is 179 g/mol. The van der Waals surface area contributed by atoms with Crippen LogP contribution in [0.4, 0.5) is 5.82 Å². The van der Waals surface area contributed by atoms with Crippen LogP contribution in [0, 0.1) is 0 Å².